The van der Waals surface area contributed by atoms with E-state index in [2.05, 4.69) is 58.8 Å². The number of nitrogens with two attached hydrogens (primary N) is 1. The van der Waals surface area contributed by atoms with Crippen molar-refractivity contribution in [3.63, 3.8) is 0 Å². The van der Waals surface area contributed by atoms with E-state index < -0.39 is 0 Å². The van der Waals surface area contributed by atoms with Gasteiger partial charge in [0.1, 0.15) is 0 Å². The van der Waals surface area contributed by atoms with Crippen LogP contribution >= 0.6 is 0 Å². The Morgan fingerprint density at radius 2 is 1.57 bits per heavy atom. The van der Waals surface area contributed by atoms with Crippen LogP contribution in [0.1, 0.15) is 60.9 Å². The summed E-state index contributed by atoms with van der Waals surface area (Å²) < 4.78 is 0. The Morgan fingerprint density at radius 1 is 1.05 bits per heavy atom. The van der Waals surface area contributed by atoms with Crippen molar-refractivity contribution in [3.8, 4) is 0 Å². The number of nitrogens with zero attached hydrogens (tertiary/aromatic N) is 1. The van der Waals surface area contributed by atoms with E-state index in [4.69, 9.17) is 5.73 Å². The molecule has 1 saturated carbocycles. The van der Waals surface area contributed by atoms with E-state index >= 15 is 0 Å². The van der Waals surface area contributed by atoms with Gasteiger partial charge in [-0.3, -0.25) is 0 Å². The Kier molecular flexibility index (Phi) is 4.79. The number of hydrogen-bond acceptors (Lipinski definition) is 2. The first kappa shape index (κ1) is 16.5. The highest BCUT2D eigenvalue weighted by atomic mass is 15.2. The Bertz CT molecular complexity index is 497. The van der Waals surface area contributed by atoms with Crippen LogP contribution in [-0.2, 0) is 0 Å². The summed E-state index contributed by atoms with van der Waals surface area (Å²) in [6.07, 6.45) is 4.98. The molecule has 1 aliphatic carbocycles. The fourth-order valence-corrected chi connectivity index (χ4v) is 3.91. The molecule has 1 fully saturated rings. The quantitative estimate of drug-likeness (QED) is 0.906. The van der Waals surface area contributed by atoms with E-state index in [0.29, 0.717) is 0 Å². The fraction of sp³-hybridized carbons (Fsp3) is 0.684. The molecule has 118 valence electrons. The van der Waals surface area contributed by atoms with Crippen molar-refractivity contribution in [2.75, 3.05) is 14.1 Å². The molecule has 2 nitrogen and oxygen atoms in total. The van der Waals surface area contributed by atoms with Crippen LogP contribution in [0.3, 0.4) is 0 Å². The van der Waals surface area contributed by atoms with Crippen molar-refractivity contribution >= 4 is 0 Å². The first-order chi connectivity index (χ1) is 9.78. The maximum absolute atomic E-state index is 6.83. The van der Waals surface area contributed by atoms with Gasteiger partial charge in [0.25, 0.3) is 0 Å². The first-order valence-corrected chi connectivity index (χ1v) is 8.28. The number of benzene rings is 1. The predicted molar refractivity (Wildman–Crippen MR) is 91.6 cm³/mol. The van der Waals surface area contributed by atoms with Crippen molar-refractivity contribution in [3.05, 3.63) is 34.4 Å². The lowest BCUT2D eigenvalue weighted by molar-refractivity contribution is 0.0562. The van der Waals surface area contributed by atoms with Gasteiger partial charge in [0.15, 0.2) is 0 Å². The van der Waals surface area contributed by atoms with Crippen LogP contribution in [0, 0.1) is 26.7 Å². The van der Waals surface area contributed by atoms with E-state index in [1.165, 1.54) is 47.9 Å². The summed E-state index contributed by atoms with van der Waals surface area (Å²) in [5, 5.41) is 0. The van der Waals surface area contributed by atoms with Crippen LogP contribution < -0.4 is 5.73 Å². The van der Waals surface area contributed by atoms with Crippen LogP contribution in [0.25, 0.3) is 0 Å². The van der Waals surface area contributed by atoms with Crippen LogP contribution in [0.2, 0.25) is 0 Å². The number of aryl methyl sites for hydroxylation is 3. The molecule has 0 spiro atoms. The van der Waals surface area contributed by atoms with Gasteiger partial charge in [-0.2, -0.15) is 0 Å². The molecule has 0 aromatic heterocycles. The highest BCUT2D eigenvalue weighted by Crippen LogP contribution is 2.43. The van der Waals surface area contributed by atoms with E-state index in [9.17, 15) is 0 Å². The van der Waals surface area contributed by atoms with Crippen molar-refractivity contribution in [1.29, 1.82) is 0 Å². The number of rotatable bonds is 3. The molecule has 1 atom stereocenters. The molecule has 0 saturated heterocycles. The molecule has 1 aliphatic rings. The summed E-state index contributed by atoms with van der Waals surface area (Å²) in [6.45, 7) is 8.95. The van der Waals surface area contributed by atoms with Crippen molar-refractivity contribution in [2.45, 2.75) is 65.0 Å². The third-order valence-corrected chi connectivity index (χ3v) is 5.83. The van der Waals surface area contributed by atoms with Gasteiger partial charge in [0.2, 0.25) is 0 Å². The Hall–Kier alpha value is -0.860. The van der Waals surface area contributed by atoms with Gasteiger partial charge < -0.3 is 10.6 Å². The maximum atomic E-state index is 6.83. The summed E-state index contributed by atoms with van der Waals surface area (Å²) in [5.41, 5.74) is 12.3. The number of hydrogen-bond donors (Lipinski definition) is 1. The van der Waals surface area contributed by atoms with Gasteiger partial charge in [-0.15, -0.1) is 0 Å². The van der Waals surface area contributed by atoms with Gasteiger partial charge >= 0.3 is 0 Å². The fourth-order valence-electron chi connectivity index (χ4n) is 3.91. The smallest absolute Gasteiger partial charge is 0.0484 e. The zero-order valence-corrected chi connectivity index (χ0v) is 14.7. The predicted octanol–water partition coefficient (Wildman–Crippen LogP) is 4.12. The largest absolute Gasteiger partial charge is 0.322 e. The van der Waals surface area contributed by atoms with Crippen LogP contribution in [0.15, 0.2) is 12.1 Å². The standard InChI is InChI=1S/C19H32N2/c1-13-7-9-19(10-8-13,21(5)6)18(20)17-12-15(3)14(2)11-16(17)4/h11-13,18H,7-10,20H2,1-6H3. The van der Waals surface area contributed by atoms with E-state index in [1.54, 1.807) is 0 Å². The average Bonchev–Trinajstić information content (AvgIpc) is 2.43. The molecule has 0 bridgehead atoms. The summed E-state index contributed by atoms with van der Waals surface area (Å²) in [7, 11) is 4.40. The third kappa shape index (κ3) is 3.02. The lowest BCUT2D eigenvalue weighted by Crippen LogP contribution is -2.54. The average molecular weight is 288 g/mol. The summed E-state index contributed by atoms with van der Waals surface area (Å²) in [4.78, 5) is 2.39. The number of likely N-dealkylation sites (N-methyl/N-ethyl adjacent to an activating group) is 1. The van der Waals surface area contributed by atoms with E-state index in [0.717, 1.165) is 5.92 Å². The normalized spacial score (nSPS) is 27.9. The zero-order chi connectivity index (χ0) is 15.8. The van der Waals surface area contributed by atoms with Gasteiger partial charge in [-0.05, 0) is 88.7 Å². The van der Waals surface area contributed by atoms with Crippen LogP contribution in [0.4, 0.5) is 0 Å². The molecule has 2 heteroatoms. The van der Waals surface area contributed by atoms with Crippen LogP contribution in [-0.4, -0.2) is 24.5 Å². The van der Waals surface area contributed by atoms with Gasteiger partial charge in [-0.1, -0.05) is 19.1 Å². The molecule has 2 rings (SSSR count). The lowest BCUT2D eigenvalue weighted by atomic mass is 9.70. The molecule has 0 amide bonds. The van der Waals surface area contributed by atoms with Gasteiger partial charge in [0, 0.05) is 11.6 Å². The highest BCUT2D eigenvalue weighted by Gasteiger charge is 2.42. The molecule has 2 N–H and O–H groups in total. The lowest BCUT2D eigenvalue weighted by Gasteiger charge is -2.49. The van der Waals surface area contributed by atoms with E-state index in [1.807, 2.05) is 0 Å². The summed E-state index contributed by atoms with van der Waals surface area (Å²) in [5.74, 6) is 0.839. The second-order valence-electron chi connectivity index (χ2n) is 7.45. The molecule has 1 aromatic rings. The second-order valence-corrected chi connectivity index (χ2v) is 7.45. The zero-order valence-electron chi connectivity index (χ0n) is 14.7. The third-order valence-electron chi connectivity index (χ3n) is 5.83. The molecule has 0 heterocycles. The summed E-state index contributed by atoms with van der Waals surface area (Å²) in [6, 6.07) is 4.71. The second kappa shape index (κ2) is 6.10. The maximum Gasteiger partial charge on any atom is 0.0484 e. The van der Waals surface area contributed by atoms with Crippen molar-refractivity contribution in [1.82, 2.24) is 4.90 Å². The van der Waals surface area contributed by atoms with Gasteiger partial charge in [0.05, 0.1) is 0 Å². The monoisotopic (exact) mass is 288 g/mol. The van der Waals surface area contributed by atoms with Crippen LogP contribution in [0.5, 0.6) is 0 Å². The summed E-state index contributed by atoms with van der Waals surface area (Å²) >= 11 is 0. The molecule has 0 radical (unpaired) electrons. The minimum Gasteiger partial charge on any atom is -0.322 e. The van der Waals surface area contributed by atoms with Crippen molar-refractivity contribution in [2.24, 2.45) is 11.7 Å². The minimum absolute atomic E-state index is 0.0966. The molecule has 21 heavy (non-hydrogen) atoms. The Labute approximate surface area is 130 Å². The SMILES string of the molecule is Cc1cc(C)c(C(N)C2(N(C)C)CCC(C)CC2)cc1C. The topological polar surface area (TPSA) is 29.3 Å². The highest BCUT2D eigenvalue weighted by molar-refractivity contribution is 5.39. The minimum atomic E-state index is 0.0966. The Morgan fingerprint density at radius 3 is 2.10 bits per heavy atom. The first-order valence-electron chi connectivity index (χ1n) is 8.28. The molecule has 1 unspecified atom stereocenters. The molecular weight excluding hydrogens is 256 g/mol. The molecule has 1 aromatic carbocycles. The van der Waals surface area contributed by atoms with E-state index in [-0.39, 0.29) is 11.6 Å². The molecular formula is C19H32N2. The van der Waals surface area contributed by atoms with Crippen molar-refractivity contribution < 1.29 is 0 Å². The van der Waals surface area contributed by atoms with Gasteiger partial charge in [-0.25, -0.2) is 0 Å². The Balaban J connectivity index is 2.40. The molecule has 0 aliphatic heterocycles.